The Balaban J connectivity index is 2.89. The van der Waals surface area contributed by atoms with Gasteiger partial charge in [-0.25, -0.2) is 0 Å². The number of methoxy groups -OCH3 is 2. The van der Waals surface area contributed by atoms with E-state index in [1.165, 1.54) is 0 Å². The van der Waals surface area contributed by atoms with Gasteiger partial charge in [-0.1, -0.05) is 11.8 Å². The van der Waals surface area contributed by atoms with E-state index < -0.39 is 0 Å². The zero-order valence-electron chi connectivity index (χ0n) is 8.91. The molecule has 0 atom stereocenters. The lowest BCUT2D eigenvalue weighted by molar-refractivity contribution is 0.355. The molecule has 0 heterocycles. The summed E-state index contributed by atoms with van der Waals surface area (Å²) in [6.07, 6.45) is 0.789. The molecule has 0 aliphatic rings. The largest absolute Gasteiger partial charge is 0.493 e. The van der Waals surface area contributed by atoms with Crippen LogP contribution in [0.15, 0.2) is 18.2 Å². The predicted molar refractivity (Wildman–Crippen MR) is 64.9 cm³/mol. The smallest absolute Gasteiger partial charge is 0.161 e. The molecule has 3 heteroatoms. The Labute approximate surface area is 96.0 Å². The molecule has 0 radical (unpaired) electrons. The number of hydrogen-bond acceptors (Lipinski definition) is 3. The summed E-state index contributed by atoms with van der Waals surface area (Å²) in [5, 5.41) is 0. The Morgan fingerprint density at radius 1 is 1.20 bits per heavy atom. The van der Waals surface area contributed by atoms with Crippen molar-refractivity contribution < 1.29 is 9.47 Å². The highest BCUT2D eigenvalue weighted by molar-refractivity contribution is 7.80. The zero-order valence-corrected chi connectivity index (χ0v) is 9.80. The van der Waals surface area contributed by atoms with E-state index >= 15 is 0 Å². The van der Waals surface area contributed by atoms with Crippen molar-refractivity contribution in [3.8, 4) is 23.3 Å². The van der Waals surface area contributed by atoms with Crippen LogP contribution in [-0.4, -0.2) is 20.0 Å². The van der Waals surface area contributed by atoms with Gasteiger partial charge in [-0.15, -0.1) is 0 Å². The van der Waals surface area contributed by atoms with E-state index in [-0.39, 0.29) is 0 Å². The van der Waals surface area contributed by atoms with E-state index in [0.717, 1.165) is 23.5 Å². The van der Waals surface area contributed by atoms with E-state index in [2.05, 4.69) is 24.5 Å². The normalized spacial score (nSPS) is 9.00. The first kappa shape index (κ1) is 11.8. The highest BCUT2D eigenvalue weighted by Crippen LogP contribution is 2.27. The number of thiol groups is 1. The van der Waals surface area contributed by atoms with Crippen molar-refractivity contribution in [2.24, 2.45) is 0 Å². The van der Waals surface area contributed by atoms with Gasteiger partial charge in [-0.2, -0.15) is 12.6 Å². The SMILES string of the molecule is COc1ccc(C#CCCS)cc1OC. The molecule has 0 fully saturated rings. The molecule has 0 aliphatic carbocycles. The maximum atomic E-state index is 5.18. The number of ether oxygens (including phenoxy) is 2. The molecule has 0 aliphatic heterocycles. The number of hydrogen-bond donors (Lipinski definition) is 1. The lowest BCUT2D eigenvalue weighted by Crippen LogP contribution is -1.90. The first-order chi connectivity index (χ1) is 7.31. The van der Waals surface area contributed by atoms with Gasteiger partial charge in [0.2, 0.25) is 0 Å². The topological polar surface area (TPSA) is 18.5 Å². The van der Waals surface area contributed by atoms with Crippen LogP contribution >= 0.6 is 12.6 Å². The molecule has 0 unspecified atom stereocenters. The fourth-order valence-corrected chi connectivity index (χ4v) is 1.25. The van der Waals surface area contributed by atoms with Crippen molar-refractivity contribution in [2.45, 2.75) is 6.42 Å². The summed E-state index contributed by atoms with van der Waals surface area (Å²) in [6.45, 7) is 0. The summed E-state index contributed by atoms with van der Waals surface area (Å²) >= 11 is 4.09. The van der Waals surface area contributed by atoms with Crippen LogP contribution in [-0.2, 0) is 0 Å². The summed E-state index contributed by atoms with van der Waals surface area (Å²) in [5.74, 6) is 8.26. The molecule has 1 aromatic carbocycles. The lowest BCUT2D eigenvalue weighted by atomic mass is 10.2. The molecule has 0 spiro atoms. The van der Waals surface area contributed by atoms with E-state index in [9.17, 15) is 0 Å². The molecule has 0 aromatic heterocycles. The molecule has 1 aromatic rings. The Kier molecular flexibility index (Phi) is 4.92. The number of rotatable bonds is 3. The van der Waals surface area contributed by atoms with Crippen LogP contribution in [0.25, 0.3) is 0 Å². The van der Waals surface area contributed by atoms with Crippen LogP contribution in [0.2, 0.25) is 0 Å². The Bertz CT molecular complexity index is 377. The first-order valence-electron chi connectivity index (χ1n) is 4.63. The zero-order chi connectivity index (χ0) is 11.1. The second-order valence-electron chi connectivity index (χ2n) is 2.85. The first-order valence-corrected chi connectivity index (χ1v) is 5.27. The van der Waals surface area contributed by atoms with E-state index in [0.29, 0.717) is 5.75 Å². The average molecular weight is 222 g/mol. The molecule has 0 saturated carbocycles. The Hall–Kier alpha value is -1.27. The number of benzene rings is 1. The molecule has 0 N–H and O–H groups in total. The molecule has 0 saturated heterocycles. The van der Waals surface area contributed by atoms with Gasteiger partial charge in [0.05, 0.1) is 14.2 Å². The molecule has 2 nitrogen and oxygen atoms in total. The standard InChI is InChI=1S/C12H14O2S/c1-13-11-7-6-10(5-3-4-8-15)9-12(11)14-2/h6-7,9,15H,4,8H2,1-2H3. The second-order valence-corrected chi connectivity index (χ2v) is 3.29. The molecule has 80 valence electrons. The summed E-state index contributed by atoms with van der Waals surface area (Å²) < 4.78 is 10.3. The van der Waals surface area contributed by atoms with Crippen molar-refractivity contribution >= 4 is 12.6 Å². The van der Waals surface area contributed by atoms with Crippen molar-refractivity contribution in [3.05, 3.63) is 23.8 Å². The summed E-state index contributed by atoms with van der Waals surface area (Å²) in [7, 11) is 3.23. The molecular formula is C12H14O2S. The van der Waals surface area contributed by atoms with Gasteiger partial charge in [-0.05, 0) is 18.2 Å². The molecule has 0 amide bonds. The van der Waals surface area contributed by atoms with E-state index in [1.807, 2.05) is 18.2 Å². The maximum Gasteiger partial charge on any atom is 0.161 e. The van der Waals surface area contributed by atoms with Gasteiger partial charge in [0.1, 0.15) is 0 Å². The summed E-state index contributed by atoms with van der Waals surface area (Å²) in [4.78, 5) is 0. The van der Waals surface area contributed by atoms with Crippen LogP contribution < -0.4 is 9.47 Å². The lowest BCUT2D eigenvalue weighted by Gasteiger charge is -2.06. The van der Waals surface area contributed by atoms with Crippen molar-refractivity contribution in [3.63, 3.8) is 0 Å². The third-order valence-electron chi connectivity index (χ3n) is 1.85. The van der Waals surface area contributed by atoms with E-state index in [4.69, 9.17) is 9.47 Å². The van der Waals surface area contributed by atoms with Crippen LogP contribution in [0.1, 0.15) is 12.0 Å². The third kappa shape index (κ3) is 3.41. The van der Waals surface area contributed by atoms with Gasteiger partial charge in [0.15, 0.2) is 11.5 Å². The Morgan fingerprint density at radius 3 is 2.53 bits per heavy atom. The maximum absolute atomic E-state index is 5.18. The minimum absolute atomic E-state index is 0.704. The highest BCUT2D eigenvalue weighted by atomic mass is 32.1. The second kappa shape index (κ2) is 6.26. The van der Waals surface area contributed by atoms with Gasteiger partial charge >= 0.3 is 0 Å². The fraction of sp³-hybridized carbons (Fsp3) is 0.333. The highest BCUT2D eigenvalue weighted by Gasteiger charge is 2.02. The van der Waals surface area contributed by atoms with E-state index in [1.54, 1.807) is 14.2 Å². The van der Waals surface area contributed by atoms with Crippen molar-refractivity contribution in [2.75, 3.05) is 20.0 Å². The van der Waals surface area contributed by atoms with Gasteiger partial charge in [-0.3, -0.25) is 0 Å². The minimum Gasteiger partial charge on any atom is -0.493 e. The van der Waals surface area contributed by atoms with Crippen molar-refractivity contribution in [1.29, 1.82) is 0 Å². The summed E-state index contributed by atoms with van der Waals surface area (Å²) in [6, 6.07) is 5.63. The quantitative estimate of drug-likeness (QED) is 0.625. The fourth-order valence-electron chi connectivity index (χ4n) is 1.13. The van der Waals surface area contributed by atoms with Crippen LogP contribution in [0.3, 0.4) is 0 Å². The van der Waals surface area contributed by atoms with Crippen LogP contribution in [0.4, 0.5) is 0 Å². The molecule has 15 heavy (non-hydrogen) atoms. The monoisotopic (exact) mass is 222 g/mol. The van der Waals surface area contributed by atoms with Crippen molar-refractivity contribution in [1.82, 2.24) is 0 Å². The molecule has 0 bridgehead atoms. The van der Waals surface area contributed by atoms with Crippen LogP contribution in [0.5, 0.6) is 11.5 Å². The predicted octanol–water partition coefficient (Wildman–Crippen LogP) is 2.38. The van der Waals surface area contributed by atoms with Crippen LogP contribution in [0, 0.1) is 11.8 Å². The average Bonchev–Trinajstić information content (AvgIpc) is 2.29. The van der Waals surface area contributed by atoms with Gasteiger partial charge in [0.25, 0.3) is 0 Å². The van der Waals surface area contributed by atoms with Gasteiger partial charge < -0.3 is 9.47 Å². The minimum atomic E-state index is 0.704. The van der Waals surface area contributed by atoms with Gasteiger partial charge in [0, 0.05) is 17.7 Å². The molecule has 1 rings (SSSR count). The third-order valence-corrected chi connectivity index (χ3v) is 2.08. The molecular weight excluding hydrogens is 208 g/mol. The summed E-state index contributed by atoms with van der Waals surface area (Å²) in [5.41, 5.74) is 0.925. The Morgan fingerprint density at radius 2 is 1.93 bits per heavy atom.